The van der Waals surface area contributed by atoms with E-state index in [4.69, 9.17) is 4.74 Å². The molecular formula is C18H20BrNO. The molecule has 1 aromatic heterocycles. The van der Waals surface area contributed by atoms with Crippen LogP contribution in [0.15, 0.2) is 43.1 Å². The highest BCUT2D eigenvalue weighted by molar-refractivity contribution is 9.08. The molecule has 0 amide bonds. The van der Waals surface area contributed by atoms with Crippen LogP contribution < -0.4 is 0 Å². The molecule has 3 heteroatoms. The first kappa shape index (κ1) is 15.8. The first-order valence-corrected chi connectivity index (χ1v) is 8.19. The maximum absolute atomic E-state index is 5.22. The number of pyridine rings is 1. The number of methoxy groups -OCH3 is 1. The van der Waals surface area contributed by atoms with Crippen molar-refractivity contribution in [2.24, 2.45) is 0 Å². The molecule has 0 unspecified atom stereocenters. The Kier molecular flexibility index (Phi) is 5.57. The van der Waals surface area contributed by atoms with Gasteiger partial charge in [-0.25, -0.2) is 0 Å². The Morgan fingerprint density at radius 2 is 2.14 bits per heavy atom. The van der Waals surface area contributed by atoms with E-state index in [1.54, 1.807) is 7.11 Å². The summed E-state index contributed by atoms with van der Waals surface area (Å²) in [5, 5.41) is 0.745. The van der Waals surface area contributed by atoms with Gasteiger partial charge in [-0.15, -0.1) is 0 Å². The molecule has 0 radical (unpaired) electrons. The van der Waals surface area contributed by atoms with Crippen molar-refractivity contribution in [1.82, 2.24) is 4.98 Å². The monoisotopic (exact) mass is 345 g/mol. The molecule has 0 fully saturated rings. The summed E-state index contributed by atoms with van der Waals surface area (Å²) in [5.74, 6) is 0.642. The van der Waals surface area contributed by atoms with Crippen LogP contribution in [0.25, 0.3) is 17.0 Å². The lowest BCUT2D eigenvalue weighted by Gasteiger charge is -2.11. The zero-order chi connectivity index (χ0) is 15.2. The van der Waals surface area contributed by atoms with E-state index in [1.807, 2.05) is 6.20 Å². The van der Waals surface area contributed by atoms with Gasteiger partial charge in [0, 0.05) is 22.7 Å². The molecule has 0 saturated heterocycles. The zero-order valence-corrected chi connectivity index (χ0v) is 14.1. The summed E-state index contributed by atoms with van der Waals surface area (Å²) >= 11 is 3.53. The van der Waals surface area contributed by atoms with E-state index in [-0.39, 0.29) is 0 Å². The average molecular weight is 346 g/mol. The summed E-state index contributed by atoms with van der Waals surface area (Å²) in [6.07, 6.45) is 4.08. The highest BCUT2D eigenvalue weighted by Gasteiger charge is 2.09. The lowest BCUT2D eigenvalue weighted by atomic mass is 10.0. The number of aryl methyl sites for hydroxylation is 1. The van der Waals surface area contributed by atoms with Gasteiger partial charge in [-0.1, -0.05) is 54.1 Å². The summed E-state index contributed by atoms with van der Waals surface area (Å²) < 4.78 is 5.22. The fourth-order valence-corrected chi connectivity index (χ4v) is 2.77. The largest absolute Gasteiger partial charge is 0.497 e. The maximum Gasteiger partial charge on any atom is 0.120 e. The predicted octanol–water partition coefficient (Wildman–Crippen LogP) is 5.21. The van der Waals surface area contributed by atoms with Gasteiger partial charge in [0.25, 0.3) is 0 Å². The van der Waals surface area contributed by atoms with Gasteiger partial charge in [0.1, 0.15) is 5.76 Å². The van der Waals surface area contributed by atoms with E-state index in [2.05, 4.69) is 64.7 Å². The Labute approximate surface area is 135 Å². The topological polar surface area (TPSA) is 22.1 Å². The van der Waals surface area contributed by atoms with Gasteiger partial charge >= 0.3 is 0 Å². The van der Waals surface area contributed by atoms with E-state index in [1.165, 1.54) is 5.56 Å². The van der Waals surface area contributed by atoms with Gasteiger partial charge in [-0.2, -0.15) is 0 Å². The molecule has 2 rings (SSSR count). The summed E-state index contributed by atoms with van der Waals surface area (Å²) in [7, 11) is 1.63. The van der Waals surface area contributed by atoms with E-state index in [9.17, 15) is 0 Å². The molecule has 1 heterocycles. The number of benzene rings is 1. The molecule has 0 aliphatic rings. The Hall–Kier alpha value is -1.61. The minimum Gasteiger partial charge on any atom is -0.497 e. The molecule has 0 aliphatic carbocycles. The fraction of sp³-hybridized carbons (Fsp3) is 0.278. The number of hydrogen-bond donors (Lipinski definition) is 0. The van der Waals surface area contributed by atoms with Crippen molar-refractivity contribution in [3.05, 3.63) is 59.8 Å². The van der Waals surface area contributed by atoms with Crippen molar-refractivity contribution in [3.63, 3.8) is 0 Å². The lowest BCUT2D eigenvalue weighted by molar-refractivity contribution is 0.371. The maximum atomic E-state index is 5.22. The molecule has 2 aromatic rings. The Morgan fingerprint density at radius 3 is 2.81 bits per heavy atom. The Balaban J connectivity index is 2.41. The lowest BCUT2D eigenvalue weighted by Crippen LogP contribution is -1.96. The molecule has 0 saturated carbocycles. The van der Waals surface area contributed by atoms with E-state index in [0.29, 0.717) is 5.76 Å². The smallest absolute Gasteiger partial charge is 0.120 e. The average Bonchev–Trinajstić information content (AvgIpc) is 2.54. The predicted molar refractivity (Wildman–Crippen MR) is 92.3 cm³/mol. The van der Waals surface area contributed by atoms with E-state index < -0.39 is 0 Å². The second-order valence-corrected chi connectivity index (χ2v) is 5.50. The second kappa shape index (κ2) is 7.41. The molecule has 110 valence electrons. The Bertz CT molecular complexity index is 637. The molecule has 0 atom stereocenters. The highest BCUT2D eigenvalue weighted by atomic mass is 79.9. The van der Waals surface area contributed by atoms with Crippen LogP contribution in [0.5, 0.6) is 0 Å². The molecular weight excluding hydrogens is 326 g/mol. The quantitative estimate of drug-likeness (QED) is 0.529. The first-order valence-electron chi connectivity index (χ1n) is 7.07. The number of ether oxygens (including phenoxy) is 1. The van der Waals surface area contributed by atoms with E-state index >= 15 is 0 Å². The van der Waals surface area contributed by atoms with Gasteiger partial charge in [0.2, 0.25) is 0 Å². The first-order chi connectivity index (χ1) is 10.2. The molecule has 0 aliphatic heterocycles. The summed E-state index contributed by atoms with van der Waals surface area (Å²) in [4.78, 5) is 4.57. The fourth-order valence-electron chi connectivity index (χ4n) is 2.30. The van der Waals surface area contributed by atoms with Crippen molar-refractivity contribution in [3.8, 4) is 11.3 Å². The normalized spacial score (nSPS) is 10.4. The number of alkyl halides is 1. The number of rotatable bonds is 6. The highest BCUT2D eigenvalue weighted by Crippen LogP contribution is 2.26. The minimum absolute atomic E-state index is 0.642. The summed E-state index contributed by atoms with van der Waals surface area (Å²) in [5.41, 5.74) is 5.56. The number of aromatic nitrogens is 1. The van der Waals surface area contributed by atoms with Crippen LogP contribution in [0.2, 0.25) is 0 Å². The summed E-state index contributed by atoms with van der Waals surface area (Å²) in [6.45, 7) is 6.10. The summed E-state index contributed by atoms with van der Waals surface area (Å²) in [6, 6.07) is 10.7. The van der Waals surface area contributed by atoms with Crippen LogP contribution >= 0.6 is 15.9 Å². The molecule has 21 heavy (non-hydrogen) atoms. The van der Waals surface area contributed by atoms with Crippen molar-refractivity contribution in [2.45, 2.75) is 25.1 Å². The van der Waals surface area contributed by atoms with Gasteiger partial charge in [0.05, 0.1) is 12.8 Å². The third-order valence-electron chi connectivity index (χ3n) is 3.44. The van der Waals surface area contributed by atoms with Crippen LogP contribution in [-0.4, -0.2) is 12.1 Å². The molecule has 0 spiro atoms. The van der Waals surface area contributed by atoms with Crippen LogP contribution in [0, 0.1) is 0 Å². The third kappa shape index (κ3) is 3.73. The van der Waals surface area contributed by atoms with Crippen molar-refractivity contribution in [2.75, 3.05) is 7.11 Å². The minimum atomic E-state index is 0.642. The van der Waals surface area contributed by atoms with Crippen molar-refractivity contribution < 1.29 is 4.74 Å². The standard InChI is InChI=1S/C18H20BrNO/c1-4-6-14-7-5-8-15(9-14)18-10-16(11-19)17(12-20-18)13(2)21-3/h5,7-10,12H,2,4,6,11H2,1,3H3. The Morgan fingerprint density at radius 1 is 1.33 bits per heavy atom. The third-order valence-corrected chi connectivity index (χ3v) is 4.05. The molecule has 0 bridgehead atoms. The van der Waals surface area contributed by atoms with Crippen LogP contribution in [0.3, 0.4) is 0 Å². The zero-order valence-electron chi connectivity index (χ0n) is 12.5. The van der Waals surface area contributed by atoms with E-state index in [0.717, 1.165) is 40.6 Å². The van der Waals surface area contributed by atoms with Gasteiger partial charge in [0.15, 0.2) is 0 Å². The molecule has 2 nitrogen and oxygen atoms in total. The van der Waals surface area contributed by atoms with Crippen molar-refractivity contribution in [1.29, 1.82) is 0 Å². The number of halogens is 1. The van der Waals surface area contributed by atoms with Crippen molar-refractivity contribution >= 4 is 21.7 Å². The number of nitrogens with zero attached hydrogens (tertiary/aromatic N) is 1. The SMILES string of the molecule is C=C(OC)c1cnc(-c2cccc(CCC)c2)cc1CBr. The second-order valence-electron chi connectivity index (χ2n) is 4.94. The number of hydrogen-bond acceptors (Lipinski definition) is 2. The van der Waals surface area contributed by atoms with Gasteiger partial charge < -0.3 is 4.74 Å². The van der Waals surface area contributed by atoms with Crippen LogP contribution in [-0.2, 0) is 16.5 Å². The van der Waals surface area contributed by atoms with Crippen LogP contribution in [0.4, 0.5) is 0 Å². The van der Waals surface area contributed by atoms with Gasteiger partial charge in [-0.05, 0) is 29.7 Å². The van der Waals surface area contributed by atoms with Crippen LogP contribution in [0.1, 0.15) is 30.0 Å². The molecule has 0 N–H and O–H groups in total. The molecule has 1 aromatic carbocycles. The van der Waals surface area contributed by atoms with Gasteiger partial charge in [-0.3, -0.25) is 4.98 Å².